The lowest BCUT2D eigenvalue weighted by atomic mass is 9.92. The zero-order chi connectivity index (χ0) is 29.1. The maximum Gasteiger partial charge on any atom is 0.338 e. The maximum absolute atomic E-state index is 13.8. The van der Waals surface area contributed by atoms with Crippen LogP contribution in [0.2, 0.25) is 0 Å². The maximum atomic E-state index is 13.8. The molecule has 5 nitrogen and oxygen atoms in total. The summed E-state index contributed by atoms with van der Waals surface area (Å²) in [4.78, 5) is 41.7. The van der Waals surface area contributed by atoms with E-state index in [-0.39, 0.29) is 34.4 Å². The molecule has 0 bridgehead atoms. The van der Waals surface area contributed by atoms with Crippen molar-refractivity contribution < 1.29 is 19.1 Å². The van der Waals surface area contributed by atoms with Crippen LogP contribution in [-0.4, -0.2) is 24.4 Å². The first-order valence-corrected chi connectivity index (χ1v) is 15.6. The minimum atomic E-state index is -0.538. The van der Waals surface area contributed by atoms with Gasteiger partial charge in [-0.1, -0.05) is 130 Å². The largest absolute Gasteiger partial charge is 0.462 e. The number of unbranched alkanes of at least 4 members (excludes halogenated alkanes) is 11. The Morgan fingerprint density at radius 3 is 1.73 bits per heavy atom. The molecule has 0 saturated heterocycles. The van der Waals surface area contributed by atoms with E-state index in [1.54, 1.807) is 18.2 Å². The molecular weight excluding hydrogens is 498 g/mol. The van der Waals surface area contributed by atoms with E-state index in [0.29, 0.717) is 12.3 Å². The van der Waals surface area contributed by atoms with E-state index in [1.165, 1.54) is 62.7 Å². The average molecular weight is 548 g/mol. The Balaban J connectivity index is 1.56. The van der Waals surface area contributed by atoms with E-state index in [2.05, 4.69) is 34.6 Å². The van der Waals surface area contributed by atoms with Gasteiger partial charge < -0.3 is 4.74 Å². The van der Waals surface area contributed by atoms with Crippen molar-refractivity contribution in [3.05, 3.63) is 64.2 Å². The van der Waals surface area contributed by atoms with Crippen molar-refractivity contribution in [1.29, 1.82) is 0 Å². The summed E-state index contributed by atoms with van der Waals surface area (Å²) >= 11 is 0. The molecule has 0 atom stereocenters. The normalized spacial score (nSPS) is 13.0. The van der Waals surface area contributed by atoms with Gasteiger partial charge in [-0.25, -0.2) is 9.69 Å². The van der Waals surface area contributed by atoms with Crippen molar-refractivity contribution in [2.24, 2.45) is 0 Å². The number of esters is 1. The predicted octanol–water partition coefficient (Wildman–Crippen LogP) is 9.59. The van der Waals surface area contributed by atoms with Crippen LogP contribution in [0, 0.1) is 0 Å². The molecule has 1 aliphatic heterocycles. The second kappa shape index (κ2) is 15.7. The summed E-state index contributed by atoms with van der Waals surface area (Å²) in [5, 5.41) is 0. The molecule has 0 fully saturated rings. The Labute approximate surface area is 241 Å². The molecule has 2 amide bonds. The molecule has 3 rings (SSSR count). The van der Waals surface area contributed by atoms with Crippen molar-refractivity contribution in [2.45, 2.75) is 124 Å². The van der Waals surface area contributed by atoms with Crippen LogP contribution in [0.4, 0.5) is 5.69 Å². The molecule has 0 radical (unpaired) electrons. The number of fused-ring (bicyclic) bond motifs is 1. The number of benzene rings is 2. The molecule has 0 saturated carbocycles. The summed E-state index contributed by atoms with van der Waals surface area (Å²) in [7, 11) is 0. The Morgan fingerprint density at radius 1 is 0.700 bits per heavy atom. The lowest BCUT2D eigenvalue weighted by Crippen LogP contribution is -2.32. The number of ether oxygens (including phenoxy) is 1. The highest BCUT2D eigenvalue weighted by molar-refractivity contribution is 6.36. The third-order valence-electron chi connectivity index (χ3n) is 7.93. The molecule has 0 N–H and O–H groups in total. The molecule has 0 aliphatic carbocycles. The van der Waals surface area contributed by atoms with Crippen molar-refractivity contribution in [2.75, 3.05) is 11.5 Å². The third-order valence-corrected chi connectivity index (χ3v) is 7.93. The Morgan fingerprint density at radius 2 is 1.20 bits per heavy atom. The average Bonchev–Trinajstić information content (AvgIpc) is 3.19. The summed E-state index contributed by atoms with van der Waals surface area (Å²) in [5.74, 6) is -1.13. The number of rotatable bonds is 17. The number of hydrogen-bond donors (Lipinski definition) is 0. The van der Waals surface area contributed by atoms with Gasteiger partial charge in [-0.2, -0.15) is 0 Å². The fraction of sp³-hybridized carbons (Fsp3) is 0.571. The molecule has 218 valence electrons. The monoisotopic (exact) mass is 547 g/mol. The van der Waals surface area contributed by atoms with E-state index < -0.39 is 11.9 Å². The van der Waals surface area contributed by atoms with Gasteiger partial charge in [-0.3, -0.25) is 9.59 Å². The van der Waals surface area contributed by atoms with E-state index in [1.807, 2.05) is 18.2 Å². The van der Waals surface area contributed by atoms with E-state index >= 15 is 0 Å². The molecule has 2 aromatic carbocycles. The molecule has 2 aromatic rings. The van der Waals surface area contributed by atoms with Gasteiger partial charge in [0.2, 0.25) is 0 Å². The predicted molar refractivity (Wildman–Crippen MR) is 164 cm³/mol. The number of carbonyl (C=O) groups is 3. The fourth-order valence-electron chi connectivity index (χ4n) is 5.61. The Kier molecular flexibility index (Phi) is 12.4. The van der Waals surface area contributed by atoms with Crippen LogP contribution in [-0.2, 0) is 4.74 Å². The molecule has 40 heavy (non-hydrogen) atoms. The molecule has 1 heterocycles. The second-order valence-electron chi connectivity index (χ2n) is 11.8. The fourth-order valence-corrected chi connectivity index (χ4v) is 5.61. The Hall–Kier alpha value is -2.95. The van der Waals surface area contributed by atoms with Crippen LogP contribution in [0.15, 0.2) is 36.4 Å². The van der Waals surface area contributed by atoms with Crippen LogP contribution in [0.25, 0.3) is 0 Å². The quantitative estimate of drug-likeness (QED) is 0.112. The van der Waals surface area contributed by atoms with Crippen LogP contribution in [0.3, 0.4) is 0 Å². The number of carbonyl (C=O) groups excluding carboxylic acids is 3. The zero-order valence-corrected chi connectivity index (χ0v) is 25.4. The summed E-state index contributed by atoms with van der Waals surface area (Å²) in [6, 6.07) is 10.8. The zero-order valence-electron chi connectivity index (χ0n) is 25.4. The lowest BCUT2D eigenvalue weighted by Gasteiger charge is -2.25. The van der Waals surface area contributed by atoms with Gasteiger partial charge in [0, 0.05) is 0 Å². The van der Waals surface area contributed by atoms with E-state index in [4.69, 9.17) is 4.74 Å². The van der Waals surface area contributed by atoms with Crippen molar-refractivity contribution in [3.8, 4) is 0 Å². The summed E-state index contributed by atoms with van der Waals surface area (Å²) < 4.78 is 5.57. The first-order chi connectivity index (χ1) is 19.3. The van der Waals surface area contributed by atoms with E-state index in [0.717, 1.165) is 30.4 Å². The number of nitrogens with zero attached hydrogens (tertiary/aromatic N) is 1. The highest BCUT2D eigenvalue weighted by Gasteiger charge is 2.42. The van der Waals surface area contributed by atoms with Gasteiger partial charge in [0.1, 0.15) is 0 Å². The van der Waals surface area contributed by atoms with Gasteiger partial charge in [-0.15, -0.1) is 0 Å². The van der Waals surface area contributed by atoms with Crippen LogP contribution in [0.5, 0.6) is 0 Å². The smallest absolute Gasteiger partial charge is 0.338 e. The van der Waals surface area contributed by atoms with Crippen LogP contribution < -0.4 is 4.90 Å². The molecule has 0 aromatic heterocycles. The first-order valence-electron chi connectivity index (χ1n) is 15.6. The summed E-state index contributed by atoms with van der Waals surface area (Å²) in [5.41, 5.74) is 3.12. The molecule has 0 spiro atoms. The molecule has 0 unspecified atom stereocenters. The van der Waals surface area contributed by atoms with Gasteiger partial charge in [-0.05, 0) is 41.5 Å². The molecule has 5 heteroatoms. The SMILES string of the molecule is CCCCCCCCCCCCCCOC(=O)c1cccc2c1C(=O)N(c1c(C(C)C)cccc1C(C)C)C2=O. The highest BCUT2D eigenvalue weighted by atomic mass is 16.5. The van der Waals surface area contributed by atoms with Gasteiger partial charge in [0.15, 0.2) is 0 Å². The number of imide groups is 1. The van der Waals surface area contributed by atoms with E-state index in [9.17, 15) is 14.4 Å². The second-order valence-corrected chi connectivity index (χ2v) is 11.8. The number of para-hydroxylation sites is 1. The highest BCUT2D eigenvalue weighted by Crippen LogP contribution is 2.40. The number of hydrogen-bond acceptors (Lipinski definition) is 4. The minimum absolute atomic E-state index is 0.123. The standard InChI is InChI=1S/C35H49NO4/c1-6-7-8-9-10-11-12-13-14-15-16-17-24-40-35(39)30-23-19-22-29-31(30)34(38)36(33(29)37)32-27(25(2)3)20-18-21-28(32)26(4)5/h18-23,25-26H,6-17,24H2,1-5H3. The summed E-state index contributed by atoms with van der Waals surface area (Å²) in [6.45, 7) is 10.8. The molecule has 1 aliphatic rings. The van der Waals surface area contributed by atoms with Gasteiger partial charge in [0.05, 0.1) is 29.0 Å². The van der Waals surface area contributed by atoms with Crippen LogP contribution >= 0.6 is 0 Å². The lowest BCUT2D eigenvalue weighted by molar-refractivity contribution is 0.0494. The number of amides is 2. The van der Waals surface area contributed by atoms with Crippen LogP contribution in [0.1, 0.15) is 166 Å². The number of anilines is 1. The Bertz CT molecular complexity index is 1120. The van der Waals surface area contributed by atoms with Gasteiger partial charge in [0.25, 0.3) is 11.8 Å². The minimum Gasteiger partial charge on any atom is -0.462 e. The van der Waals surface area contributed by atoms with Crippen molar-refractivity contribution >= 4 is 23.5 Å². The van der Waals surface area contributed by atoms with Crippen molar-refractivity contribution in [3.63, 3.8) is 0 Å². The topological polar surface area (TPSA) is 63.7 Å². The van der Waals surface area contributed by atoms with Gasteiger partial charge >= 0.3 is 5.97 Å². The summed E-state index contributed by atoms with van der Waals surface area (Å²) in [6.07, 6.45) is 14.8. The third kappa shape index (κ3) is 7.83. The molecular formula is C35H49NO4. The first kappa shape index (κ1) is 31.6. The van der Waals surface area contributed by atoms with Crippen molar-refractivity contribution in [1.82, 2.24) is 0 Å².